The fraction of sp³-hybridized carbons (Fsp3) is 0.667. The van der Waals surface area contributed by atoms with E-state index in [4.69, 9.17) is 0 Å². The Morgan fingerprint density at radius 1 is 1.00 bits per heavy atom. The first-order chi connectivity index (χ1) is 9.06. The van der Waals surface area contributed by atoms with Crippen molar-refractivity contribution in [3.05, 3.63) is 28.8 Å². The number of rotatable bonds is 8. The molecule has 0 bridgehead atoms. The van der Waals surface area contributed by atoms with Gasteiger partial charge < -0.3 is 5.11 Å². The number of aromatic hydroxyl groups is 1. The molecule has 1 nitrogen and oxygen atoms in total. The van der Waals surface area contributed by atoms with Gasteiger partial charge in [-0.2, -0.15) is 0 Å². The predicted octanol–water partition coefficient (Wildman–Crippen LogP) is 5.86. The van der Waals surface area contributed by atoms with Gasteiger partial charge in [-0.1, -0.05) is 70.1 Å². The topological polar surface area (TPSA) is 20.2 Å². The monoisotopic (exact) mass is 262 g/mol. The standard InChI is InChI=1S/C18H30O/c1-5-6-7-8-9-10-11-15(3)17-13-14(2)12-16(4)18(17)19/h12-13,15,19H,5-11H2,1-4H3. The largest absolute Gasteiger partial charge is 0.507 e. The zero-order valence-corrected chi connectivity index (χ0v) is 13.1. The third kappa shape index (κ3) is 5.26. The van der Waals surface area contributed by atoms with E-state index in [-0.39, 0.29) is 0 Å². The van der Waals surface area contributed by atoms with Crippen LogP contribution in [0, 0.1) is 13.8 Å². The van der Waals surface area contributed by atoms with Crippen LogP contribution in [0.5, 0.6) is 5.75 Å². The van der Waals surface area contributed by atoms with Crippen LogP contribution < -0.4 is 0 Å². The van der Waals surface area contributed by atoms with Crippen molar-refractivity contribution in [3.63, 3.8) is 0 Å². The molecule has 19 heavy (non-hydrogen) atoms. The molecule has 0 fully saturated rings. The third-order valence-corrected chi connectivity index (χ3v) is 4.00. The Balaban J connectivity index is 2.43. The maximum absolute atomic E-state index is 10.2. The van der Waals surface area contributed by atoms with Crippen molar-refractivity contribution in [1.29, 1.82) is 0 Å². The van der Waals surface area contributed by atoms with Gasteiger partial charge in [-0.15, -0.1) is 0 Å². The molecule has 108 valence electrons. The summed E-state index contributed by atoms with van der Waals surface area (Å²) < 4.78 is 0. The first-order valence-corrected chi connectivity index (χ1v) is 7.86. The van der Waals surface area contributed by atoms with E-state index >= 15 is 0 Å². The predicted molar refractivity (Wildman–Crippen MR) is 84.0 cm³/mol. The molecule has 0 aliphatic heterocycles. The molecule has 0 saturated carbocycles. The van der Waals surface area contributed by atoms with E-state index in [1.807, 2.05) is 6.92 Å². The highest BCUT2D eigenvalue weighted by Gasteiger charge is 2.12. The fourth-order valence-corrected chi connectivity index (χ4v) is 2.75. The number of aryl methyl sites for hydroxylation is 2. The molecule has 1 aromatic carbocycles. The number of phenols is 1. The van der Waals surface area contributed by atoms with Crippen LogP contribution in [0.25, 0.3) is 0 Å². The summed E-state index contributed by atoms with van der Waals surface area (Å²) >= 11 is 0. The fourth-order valence-electron chi connectivity index (χ4n) is 2.75. The summed E-state index contributed by atoms with van der Waals surface area (Å²) in [5, 5.41) is 10.2. The molecular weight excluding hydrogens is 232 g/mol. The average Bonchev–Trinajstić information content (AvgIpc) is 2.37. The molecular formula is C18H30O. The van der Waals surface area contributed by atoms with Crippen molar-refractivity contribution in [2.45, 2.75) is 78.6 Å². The molecule has 0 heterocycles. The van der Waals surface area contributed by atoms with Crippen molar-refractivity contribution in [2.24, 2.45) is 0 Å². The third-order valence-electron chi connectivity index (χ3n) is 4.00. The van der Waals surface area contributed by atoms with Crippen LogP contribution in [0.4, 0.5) is 0 Å². The van der Waals surface area contributed by atoms with E-state index < -0.39 is 0 Å². The van der Waals surface area contributed by atoms with Gasteiger partial charge in [-0.25, -0.2) is 0 Å². The van der Waals surface area contributed by atoms with Gasteiger partial charge in [0.2, 0.25) is 0 Å². The van der Waals surface area contributed by atoms with Gasteiger partial charge in [0.15, 0.2) is 0 Å². The zero-order chi connectivity index (χ0) is 14.3. The normalized spacial score (nSPS) is 12.6. The van der Waals surface area contributed by atoms with Crippen molar-refractivity contribution in [3.8, 4) is 5.75 Å². The Morgan fingerprint density at radius 3 is 2.32 bits per heavy atom. The first-order valence-electron chi connectivity index (χ1n) is 7.86. The Morgan fingerprint density at radius 2 is 1.63 bits per heavy atom. The number of benzene rings is 1. The quantitative estimate of drug-likeness (QED) is 0.581. The van der Waals surface area contributed by atoms with E-state index in [0.29, 0.717) is 11.7 Å². The molecule has 0 spiro atoms. The molecule has 1 aromatic rings. The lowest BCUT2D eigenvalue weighted by Crippen LogP contribution is -1.97. The van der Waals surface area contributed by atoms with Gasteiger partial charge in [0.25, 0.3) is 0 Å². The van der Waals surface area contributed by atoms with Crippen LogP contribution in [-0.2, 0) is 0 Å². The lowest BCUT2D eigenvalue weighted by Gasteiger charge is -2.16. The van der Waals surface area contributed by atoms with Crippen molar-refractivity contribution in [2.75, 3.05) is 0 Å². The molecule has 1 atom stereocenters. The maximum Gasteiger partial charge on any atom is 0.121 e. The van der Waals surface area contributed by atoms with Crippen LogP contribution >= 0.6 is 0 Å². The smallest absolute Gasteiger partial charge is 0.121 e. The molecule has 0 radical (unpaired) electrons. The van der Waals surface area contributed by atoms with E-state index in [1.54, 1.807) is 0 Å². The van der Waals surface area contributed by atoms with Gasteiger partial charge in [-0.3, -0.25) is 0 Å². The van der Waals surface area contributed by atoms with E-state index in [1.165, 1.54) is 50.5 Å². The van der Waals surface area contributed by atoms with Crippen LogP contribution in [-0.4, -0.2) is 5.11 Å². The second-order valence-electron chi connectivity index (χ2n) is 5.98. The highest BCUT2D eigenvalue weighted by atomic mass is 16.3. The summed E-state index contributed by atoms with van der Waals surface area (Å²) in [6.07, 6.45) is 9.20. The van der Waals surface area contributed by atoms with Gasteiger partial charge in [0.1, 0.15) is 5.75 Å². The summed E-state index contributed by atoms with van der Waals surface area (Å²) in [5.41, 5.74) is 3.39. The molecule has 0 amide bonds. The first kappa shape index (κ1) is 16.1. The van der Waals surface area contributed by atoms with E-state index in [9.17, 15) is 5.11 Å². The molecule has 0 aliphatic carbocycles. The minimum absolute atomic E-state index is 0.463. The van der Waals surface area contributed by atoms with Crippen molar-refractivity contribution >= 4 is 0 Å². The minimum atomic E-state index is 0.463. The molecule has 0 saturated heterocycles. The van der Waals surface area contributed by atoms with Crippen LogP contribution in [0.15, 0.2) is 12.1 Å². The highest BCUT2D eigenvalue weighted by Crippen LogP contribution is 2.33. The van der Waals surface area contributed by atoms with Crippen molar-refractivity contribution < 1.29 is 5.11 Å². The SMILES string of the molecule is CCCCCCCCC(C)c1cc(C)cc(C)c1O. The van der Waals surface area contributed by atoms with E-state index in [0.717, 1.165) is 11.1 Å². The average molecular weight is 262 g/mol. The van der Waals surface area contributed by atoms with Crippen LogP contribution in [0.1, 0.15) is 81.4 Å². The van der Waals surface area contributed by atoms with Gasteiger partial charge in [0.05, 0.1) is 0 Å². The molecule has 1 unspecified atom stereocenters. The molecule has 0 aromatic heterocycles. The molecule has 1 N–H and O–H groups in total. The number of phenolic OH excluding ortho intramolecular Hbond substituents is 1. The summed E-state index contributed by atoms with van der Waals surface area (Å²) in [6.45, 7) is 8.58. The summed E-state index contributed by atoms with van der Waals surface area (Å²) in [6, 6.07) is 4.19. The highest BCUT2D eigenvalue weighted by molar-refractivity contribution is 5.44. The molecule has 1 rings (SSSR count). The van der Waals surface area contributed by atoms with Crippen LogP contribution in [0.3, 0.4) is 0 Å². The Kier molecular flexibility index (Phi) is 6.97. The van der Waals surface area contributed by atoms with E-state index in [2.05, 4.69) is 32.9 Å². The zero-order valence-electron chi connectivity index (χ0n) is 13.1. The summed E-state index contributed by atoms with van der Waals surface area (Å²) in [5.74, 6) is 0.967. The van der Waals surface area contributed by atoms with Crippen molar-refractivity contribution in [1.82, 2.24) is 0 Å². The minimum Gasteiger partial charge on any atom is -0.507 e. The Labute approximate surface area is 119 Å². The second-order valence-corrected chi connectivity index (χ2v) is 5.98. The number of unbranched alkanes of at least 4 members (excludes halogenated alkanes) is 5. The van der Waals surface area contributed by atoms with Gasteiger partial charge >= 0.3 is 0 Å². The maximum atomic E-state index is 10.2. The number of hydrogen-bond donors (Lipinski definition) is 1. The van der Waals surface area contributed by atoms with Gasteiger partial charge in [-0.05, 0) is 37.3 Å². The Bertz CT molecular complexity index is 382. The summed E-state index contributed by atoms with van der Waals surface area (Å²) in [4.78, 5) is 0. The van der Waals surface area contributed by atoms with Crippen LogP contribution in [0.2, 0.25) is 0 Å². The lowest BCUT2D eigenvalue weighted by atomic mass is 9.91. The number of hydrogen-bond acceptors (Lipinski definition) is 1. The summed E-state index contributed by atoms with van der Waals surface area (Å²) in [7, 11) is 0. The lowest BCUT2D eigenvalue weighted by molar-refractivity contribution is 0.453. The molecule has 0 aliphatic rings. The second kappa shape index (κ2) is 8.24. The Hall–Kier alpha value is -0.980. The molecule has 1 heteroatoms. The van der Waals surface area contributed by atoms with Gasteiger partial charge in [0, 0.05) is 0 Å².